The maximum absolute atomic E-state index is 14.0. The van der Waals surface area contributed by atoms with Crippen molar-refractivity contribution in [2.45, 2.75) is 12.6 Å². The second kappa shape index (κ2) is 9.02. The minimum Gasteiger partial charge on any atom is -0.457 e. The van der Waals surface area contributed by atoms with Crippen LogP contribution in [0.15, 0.2) is 106 Å². The van der Waals surface area contributed by atoms with E-state index in [1.165, 1.54) is 11.0 Å². The highest BCUT2D eigenvalue weighted by atomic mass is 19.2. The standard InChI is InChI=1S/C30H19F2NO4/c31-23-14-13-18(15-24(23)32)17-33-27(19-7-6-10-21(16-19)36-20-8-2-1-3-9-20)26-28(34)22-11-4-5-12-25(22)37-29(26)30(33)35/h1-16,27H,17H2. The van der Waals surface area contributed by atoms with Crippen LogP contribution in [0.3, 0.4) is 0 Å². The van der Waals surface area contributed by atoms with Crippen molar-refractivity contribution in [3.8, 4) is 11.5 Å². The molecule has 1 aliphatic rings. The minimum atomic E-state index is -1.02. The summed E-state index contributed by atoms with van der Waals surface area (Å²) in [6.07, 6.45) is 0. The van der Waals surface area contributed by atoms with E-state index < -0.39 is 23.6 Å². The molecule has 7 heteroatoms. The molecule has 1 unspecified atom stereocenters. The predicted octanol–water partition coefficient (Wildman–Crippen LogP) is 6.61. The van der Waals surface area contributed by atoms with Crippen molar-refractivity contribution in [1.82, 2.24) is 4.90 Å². The second-order valence-corrected chi connectivity index (χ2v) is 8.74. The highest BCUT2D eigenvalue weighted by Crippen LogP contribution is 2.40. The van der Waals surface area contributed by atoms with Crippen LogP contribution in [-0.4, -0.2) is 10.8 Å². The summed E-state index contributed by atoms with van der Waals surface area (Å²) in [5, 5.41) is 0.352. The van der Waals surface area contributed by atoms with Gasteiger partial charge in [-0.25, -0.2) is 8.78 Å². The van der Waals surface area contributed by atoms with Crippen LogP contribution < -0.4 is 10.2 Å². The van der Waals surface area contributed by atoms with E-state index in [-0.39, 0.29) is 23.3 Å². The largest absolute Gasteiger partial charge is 0.457 e. The summed E-state index contributed by atoms with van der Waals surface area (Å²) in [5.41, 5.74) is 1.17. The normalized spacial score (nSPS) is 14.7. The van der Waals surface area contributed by atoms with E-state index in [1.54, 1.807) is 48.5 Å². The van der Waals surface area contributed by atoms with Gasteiger partial charge < -0.3 is 14.1 Å². The van der Waals surface area contributed by atoms with Gasteiger partial charge in [-0.15, -0.1) is 0 Å². The Hall–Kier alpha value is -4.78. The molecule has 5 aromatic rings. The van der Waals surface area contributed by atoms with Crippen LogP contribution in [0.4, 0.5) is 8.78 Å². The van der Waals surface area contributed by atoms with Crippen LogP contribution in [0.25, 0.3) is 11.0 Å². The molecule has 0 fully saturated rings. The first-order valence-corrected chi connectivity index (χ1v) is 11.6. The summed E-state index contributed by atoms with van der Waals surface area (Å²) in [4.78, 5) is 28.7. The van der Waals surface area contributed by atoms with Crippen LogP contribution in [0.2, 0.25) is 0 Å². The molecule has 4 aromatic carbocycles. The third-order valence-electron chi connectivity index (χ3n) is 6.36. The predicted molar refractivity (Wildman–Crippen MR) is 134 cm³/mol. The van der Waals surface area contributed by atoms with Gasteiger partial charge in [-0.1, -0.05) is 48.5 Å². The zero-order valence-electron chi connectivity index (χ0n) is 19.4. The number of fused-ring (bicyclic) bond motifs is 2. The zero-order valence-corrected chi connectivity index (χ0v) is 19.4. The van der Waals surface area contributed by atoms with Gasteiger partial charge in [0.15, 0.2) is 17.1 Å². The molecular weight excluding hydrogens is 476 g/mol. The lowest BCUT2D eigenvalue weighted by Crippen LogP contribution is -2.29. The minimum absolute atomic E-state index is 0.0642. The Bertz CT molecular complexity index is 1710. The van der Waals surface area contributed by atoms with E-state index in [9.17, 15) is 18.4 Å². The summed E-state index contributed by atoms with van der Waals surface area (Å²) in [5.74, 6) is -1.43. The first kappa shape index (κ1) is 22.7. The van der Waals surface area contributed by atoms with Crippen LogP contribution in [0.1, 0.15) is 33.3 Å². The maximum Gasteiger partial charge on any atom is 0.291 e. The summed E-state index contributed by atoms with van der Waals surface area (Å²) in [7, 11) is 0. The fraction of sp³-hybridized carbons (Fsp3) is 0.0667. The highest BCUT2D eigenvalue weighted by Gasteiger charge is 2.42. The fourth-order valence-electron chi connectivity index (χ4n) is 4.68. The van der Waals surface area contributed by atoms with Gasteiger partial charge in [0, 0.05) is 6.54 Å². The number of carbonyl (C=O) groups excluding carboxylic acids is 1. The number of rotatable bonds is 5. The third kappa shape index (κ3) is 4.04. The molecule has 0 saturated heterocycles. The molecule has 1 aliphatic heterocycles. The van der Waals surface area contributed by atoms with E-state index in [1.807, 2.05) is 30.3 Å². The van der Waals surface area contributed by atoms with Gasteiger partial charge in [0.25, 0.3) is 5.91 Å². The number of nitrogens with zero attached hydrogens (tertiary/aromatic N) is 1. The molecule has 0 bridgehead atoms. The lowest BCUT2D eigenvalue weighted by molar-refractivity contribution is 0.0714. The van der Waals surface area contributed by atoms with Gasteiger partial charge in [-0.05, 0) is 59.7 Å². The lowest BCUT2D eigenvalue weighted by atomic mass is 9.98. The molecule has 37 heavy (non-hydrogen) atoms. The lowest BCUT2D eigenvalue weighted by Gasteiger charge is -2.25. The quantitative estimate of drug-likeness (QED) is 0.275. The summed E-state index contributed by atoms with van der Waals surface area (Å²) in [6, 6.07) is 25.7. The Kier molecular flexibility index (Phi) is 5.53. The van der Waals surface area contributed by atoms with Gasteiger partial charge >= 0.3 is 0 Å². The second-order valence-electron chi connectivity index (χ2n) is 8.74. The van der Waals surface area contributed by atoms with Crippen molar-refractivity contribution in [3.63, 3.8) is 0 Å². The topological polar surface area (TPSA) is 59.8 Å². The van der Waals surface area contributed by atoms with Gasteiger partial charge in [-0.3, -0.25) is 9.59 Å². The Balaban J connectivity index is 1.49. The number of ether oxygens (including phenoxy) is 1. The van der Waals surface area contributed by atoms with E-state index in [4.69, 9.17) is 9.15 Å². The number of benzene rings is 4. The van der Waals surface area contributed by atoms with Crippen molar-refractivity contribution in [2.75, 3.05) is 0 Å². The summed E-state index contributed by atoms with van der Waals surface area (Å²) >= 11 is 0. The Morgan fingerprint density at radius 3 is 2.35 bits per heavy atom. The average Bonchev–Trinajstić information content (AvgIpc) is 3.18. The molecule has 2 heterocycles. The van der Waals surface area contributed by atoms with Crippen molar-refractivity contribution in [2.24, 2.45) is 0 Å². The number of carbonyl (C=O) groups is 1. The zero-order chi connectivity index (χ0) is 25.5. The van der Waals surface area contributed by atoms with Crippen molar-refractivity contribution in [1.29, 1.82) is 0 Å². The molecule has 0 radical (unpaired) electrons. The number of halogens is 2. The molecule has 0 spiro atoms. The van der Waals surface area contributed by atoms with Crippen molar-refractivity contribution >= 4 is 16.9 Å². The van der Waals surface area contributed by atoms with Crippen molar-refractivity contribution in [3.05, 3.63) is 141 Å². The smallest absolute Gasteiger partial charge is 0.291 e. The molecule has 0 aliphatic carbocycles. The maximum atomic E-state index is 14.0. The molecule has 1 amide bonds. The van der Waals surface area contributed by atoms with Crippen LogP contribution in [0, 0.1) is 11.6 Å². The molecule has 5 nitrogen and oxygen atoms in total. The van der Waals surface area contributed by atoms with Crippen LogP contribution >= 0.6 is 0 Å². The van der Waals surface area contributed by atoms with E-state index in [2.05, 4.69) is 0 Å². The first-order valence-electron chi connectivity index (χ1n) is 11.6. The number of amides is 1. The van der Waals surface area contributed by atoms with Gasteiger partial charge in [-0.2, -0.15) is 0 Å². The summed E-state index contributed by atoms with van der Waals surface area (Å²) in [6.45, 7) is -0.0650. The molecule has 0 N–H and O–H groups in total. The van der Waals surface area contributed by atoms with Gasteiger partial charge in [0.05, 0.1) is 17.0 Å². The Labute approximate surface area is 210 Å². The van der Waals surface area contributed by atoms with Crippen LogP contribution in [-0.2, 0) is 6.54 Å². The average molecular weight is 495 g/mol. The molecule has 1 atom stereocenters. The molecule has 6 rings (SSSR count). The summed E-state index contributed by atoms with van der Waals surface area (Å²) < 4.78 is 39.4. The molecule has 182 valence electrons. The van der Waals surface area contributed by atoms with Gasteiger partial charge in [0.2, 0.25) is 5.76 Å². The van der Waals surface area contributed by atoms with Crippen LogP contribution in [0.5, 0.6) is 11.5 Å². The SMILES string of the molecule is O=C1c2oc3ccccc3c(=O)c2C(c2cccc(Oc3ccccc3)c2)N1Cc1ccc(F)c(F)c1. The monoisotopic (exact) mass is 495 g/mol. The van der Waals surface area contributed by atoms with E-state index in [0.29, 0.717) is 33.6 Å². The fourth-order valence-corrected chi connectivity index (χ4v) is 4.68. The van der Waals surface area contributed by atoms with Crippen molar-refractivity contribution < 1.29 is 22.7 Å². The number of hydrogen-bond donors (Lipinski definition) is 0. The van der Waals surface area contributed by atoms with E-state index in [0.717, 1.165) is 12.1 Å². The Morgan fingerprint density at radius 1 is 0.784 bits per heavy atom. The van der Waals surface area contributed by atoms with Gasteiger partial charge in [0.1, 0.15) is 17.1 Å². The molecule has 0 saturated carbocycles. The first-order chi connectivity index (χ1) is 18.0. The molecule has 1 aromatic heterocycles. The third-order valence-corrected chi connectivity index (χ3v) is 6.36. The number of hydrogen-bond acceptors (Lipinski definition) is 4. The highest BCUT2D eigenvalue weighted by molar-refractivity contribution is 5.99. The Morgan fingerprint density at radius 2 is 1.54 bits per heavy atom. The number of para-hydroxylation sites is 2. The van der Waals surface area contributed by atoms with E-state index >= 15 is 0 Å². The molecular formula is C30H19F2NO4.